The van der Waals surface area contributed by atoms with Crippen LogP contribution >= 0.6 is 11.3 Å². The van der Waals surface area contributed by atoms with Gasteiger partial charge < -0.3 is 5.11 Å². The molecule has 0 atom stereocenters. The molecule has 0 aromatic carbocycles. The van der Waals surface area contributed by atoms with Crippen LogP contribution in [-0.2, 0) is 6.42 Å². The molecule has 6 heteroatoms. The molecule has 2 heterocycles. The quantitative estimate of drug-likeness (QED) is 0.908. The van der Waals surface area contributed by atoms with Crippen molar-refractivity contribution >= 4 is 23.4 Å². The minimum atomic E-state index is -0.859. The summed E-state index contributed by atoms with van der Waals surface area (Å²) in [5.74, 6) is -0.859. The standard InChI is InChI=1S/C9H10O2S.C6H7N3/c1-3-6-5-8(9(10)11)12-7(6)4-2;1-2-4-8-9-6-5-7-3-1/h4-5H,2-3H2,1H3,(H,10,11);1-6,9H. The summed E-state index contributed by atoms with van der Waals surface area (Å²) in [6, 6.07) is 5.31. The van der Waals surface area contributed by atoms with Gasteiger partial charge in [-0.1, -0.05) is 19.6 Å². The van der Waals surface area contributed by atoms with E-state index >= 15 is 0 Å². The van der Waals surface area contributed by atoms with E-state index in [4.69, 9.17) is 5.11 Å². The van der Waals surface area contributed by atoms with Crippen LogP contribution in [0.1, 0.15) is 27.0 Å². The number of carboxylic acids is 1. The molecule has 2 rings (SSSR count). The molecular weight excluding hydrogens is 286 g/mol. The monoisotopic (exact) mass is 303 g/mol. The van der Waals surface area contributed by atoms with Gasteiger partial charge in [0.1, 0.15) is 4.88 Å². The zero-order valence-corrected chi connectivity index (χ0v) is 12.5. The van der Waals surface area contributed by atoms with Crippen molar-refractivity contribution in [1.82, 2.24) is 15.2 Å². The van der Waals surface area contributed by atoms with Gasteiger partial charge in [0.25, 0.3) is 0 Å². The second kappa shape index (κ2) is 9.44. The van der Waals surface area contributed by atoms with Gasteiger partial charge in [0.2, 0.25) is 0 Å². The topological polar surface area (TPSA) is 78.9 Å². The number of rotatable bonds is 3. The van der Waals surface area contributed by atoms with Crippen molar-refractivity contribution in [3.8, 4) is 0 Å². The Morgan fingerprint density at radius 1 is 1.43 bits per heavy atom. The lowest BCUT2D eigenvalue weighted by molar-refractivity contribution is 0.0702. The number of carboxylic acid groups (broad SMARTS) is 1. The molecule has 0 unspecified atom stereocenters. The van der Waals surface area contributed by atoms with Crippen molar-refractivity contribution in [2.24, 2.45) is 0 Å². The van der Waals surface area contributed by atoms with Crippen molar-refractivity contribution in [2.75, 3.05) is 0 Å². The van der Waals surface area contributed by atoms with Crippen molar-refractivity contribution in [3.63, 3.8) is 0 Å². The summed E-state index contributed by atoms with van der Waals surface area (Å²) in [4.78, 5) is 15.8. The first-order valence-corrected chi connectivity index (χ1v) is 7.11. The maximum absolute atomic E-state index is 10.6. The molecule has 0 aliphatic carbocycles. The largest absolute Gasteiger partial charge is 0.477 e. The van der Waals surface area contributed by atoms with Crippen molar-refractivity contribution in [1.29, 1.82) is 0 Å². The number of aromatic amines is 1. The van der Waals surface area contributed by atoms with Gasteiger partial charge in [-0.3, -0.25) is 10.1 Å². The van der Waals surface area contributed by atoms with E-state index in [0.717, 1.165) is 16.9 Å². The lowest BCUT2D eigenvalue weighted by Crippen LogP contribution is -1.90. The fourth-order valence-corrected chi connectivity index (χ4v) is 2.34. The number of aromatic carboxylic acids is 1. The molecule has 0 aliphatic rings. The molecule has 0 radical (unpaired) electrons. The maximum atomic E-state index is 10.6. The predicted molar refractivity (Wildman–Crippen MR) is 84.8 cm³/mol. The van der Waals surface area contributed by atoms with E-state index in [1.807, 2.05) is 6.92 Å². The number of aromatic nitrogens is 3. The van der Waals surface area contributed by atoms with Crippen LogP contribution in [0.5, 0.6) is 0 Å². The Kier molecular flexibility index (Phi) is 7.45. The van der Waals surface area contributed by atoms with Gasteiger partial charge in [-0.2, -0.15) is 5.10 Å². The van der Waals surface area contributed by atoms with Gasteiger partial charge in [-0.15, -0.1) is 11.3 Å². The number of H-pyrrole nitrogens is 1. The third-order valence-corrected chi connectivity index (χ3v) is 3.53. The molecule has 110 valence electrons. The highest BCUT2D eigenvalue weighted by molar-refractivity contribution is 7.15. The van der Waals surface area contributed by atoms with Crippen LogP contribution in [-0.4, -0.2) is 26.3 Å². The SMILES string of the molecule is C=Cc1sc(C(=O)O)cc1CC.c1ccn[nH]ccnc1. The van der Waals surface area contributed by atoms with E-state index in [-0.39, 0.29) is 0 Å². The molecule has 2 aromatic rings. The van der Waals surface area contributed by atoms with Crippen molar-refractivity contribution < 1.29 is 9.90 Å². The molecule has 0 amide bonds. The van der Waals surface area contributed by atoms with Crippen LogP contribution in [0.3, 0.4) is 0 Å². The van der Waals surface area contributed by atoms with Gasteiger partial charge in [-0.25, -0.2) is 4.79 Å². The molecule has 0 saturated heterocycles. The van der Waals surface area contributed by atoms with Gasteiger partial charge in [0.05, 0.1) is 0 Å². The van der Waals surface area contributed by atoms with Crippen LogP contribution in [0.4, 0.5) is 0 Å². The average Bonchev–Trinajstić information content (AvgIpc) is 2.97. The molecule has 0 bridgehead atoms. The summed E-state index contributed by atoms with van der Waals surface area (Å²) in [6.45, 7) is 5.63. The van der Waals surface area contributed by atoms with E-state index in [1.54, 1.807) is 49.1 Å². The maximum Gasteiger partial charge on any atom is 0.345 e. The Balaban J connectivity index is 0.000000219. The Labute approximate surface area is 127 Å². The Morgan fingerprint density at radius 2 is 2.19 bits per heavy atom. The highest BCUT2D eigenvalue weighted by Crippen LogP contribution is 2.23. The van der Waals surface area contributed by atoms with Crippen LogP contribution in [0.15, 0.2) is 49.6 Å². The number of carbonyl (C=O) groups is 1. The Hall–Kier alpha value is -2.47. The zero-order valence-electron chi connectivity index (χ0n) is 11.7. The first kappa shape index (κ1) is 16.6. The highest BCUT2D eigenvalue weighted by Gasteiger charge is 2.09. The van der Waals surface area contributed by atoms with Gasteiger partial charge in [0, 0.05) is 29.7 Å². The minimum absolute atomic E-state index is 0.391. The van der Waals surface area contributed by atoms with E-state index in [9.17, 15) is 4.79 Å². The Morgan fingerprint density at radius 3 is 2.81 bits per heavy atom. The fourth-order valence-electron chi connectivity index (χ4n) is 1.40. The number of nitrogens with one attached hydrogen (secondary N) is 1. The molecule has 0 fully saturated rings. The van der Waals surface area contributed by atoms with E-state index in [1.165, 1.54) is 11.3 Å². The van der Waals surface area contributed by atoms with Gasteiger partial charge >= 0.3 is 5.97 Å². The number of thiophene rings is 1. The molecule has 5 nitrogen and oxygen atoms in total. The lowest BCUT2D eigenvalue weighted by atomic mass is 10.2. The van der Waals surface area contributed by atoms with Crippen LogP contribution in [0.2, 0.25) is 0 Å². The van der Waals surface area contributed by atoms with E-state index < -0.39 is 5.97 Å². The summed E-state index contributed by atoms with van der Waals surface area (Å²) < 4.78 is 0. The molecule has 0 aliphatic heterocycles. The summed E-state index contributed by atoms with van der Waals surface area (Å²) in [7, 11) is 0. The van der Waals surface area contributed by atoms with E-state index in [2.05, 4.69) is 21.8 Å². The third-order valence-electron chi connectivity index (χ3n) is 2.37. The molecule has 2 N–H and O–H groups in total. The number of nitrogens with zero attached hydrogens (tertiary/aromatic N) is 2. The zero-order chi connectivity index (χ0) is 15.5. The summed E-state index contributed by atoms with van der Waals surface area (Å²) >= 11 is 1.27. The lowest BCUT2D eigenvalue weighted by Gasteiger charge is -1.89. The first-order valence-electron chi connectivity index (χ1n) is 6.29. The smallest absolute Gasteiger partial charge is 0.345 e. The number of aryl methyl sites for hydroxylation is 1. The molecular formula is C15H17N3O2S. The summed E-state index contributed by atoms with van der Waals surface area (Å²) in [5.41, 5.74) is 1.06. The van der Waals surface area contributed by atoms with Crippen molar-refractivity contribution in [3.05, 3.63) is 64.9 Å². The normalized spacial score (nSPS) is 9.00. The summed E-state index contributed by atoms with van der Waals surface area (Å²) in [5, 5.41) is 15.1. The number of hydrogen-bond acceptors (Lipinski definition) is 4. The predicted octanol–water partition coefficient (Wildman–Crippen LogP) is 3.58. The summed E-state index contributed by atoms with van der Waals surface area (Å²) in [6.07, 6.45) is 9.19. The molecule has 2 aromatic heterocycles. The number of hydrogen-bond donors (Lipinski definition) is 2. The molecule has 0 saturated carbocycles. The van der Waals surface area contributed by atoms with Crippen LogP contribution < -0.4 is 0 Å². The second-order valence-electron chi connectivity index (χ2n) is 3.77. The molecule has 0 spiro atoms. The Bertz CT molecular complexity index is 558. The van der Waals surface area contributed by atoms with Gasteiger partial charge in [0.15, 0.2) is 0 Å². The third kappa shape index (κ3) is 6.01. The van der Waals surface area contributed by atoms with Crippen LogP contribution in [0, 0.1) is 0 Å². The molecule has 21 heavy (non-hydrogen) atoms. The fraction of sp³-hybridized carbons (Fsp3) is 0.133. The first-order chi connectivity index (χ1) is 10.2. The van der Waals surface area contributed by atoms with Gasteiger partial charge in [-0.05, 0) is 30.2 Å². The highest BCUT2D eigenvalue weighted by atomic mass is 32.1. The second-order valence-corrected chi connectivity index (χ2v) is 4.85. The van der Waals surface area contributed by atoms with Crippen molar-refractivity contribution in [2.45, 2.75) is 13.3 Å². The van der Waals surface area contributed by atoms with E-state index in [0.29, 0.717) is 4.88 Å². The average molecular weight is 303 g/mol. The minimum Gasteiger partial charge on any atom is -0.477 e. The van der Waals surface area contributed by atoms with Crippen LogP contribution in [0.25, 0.3) is 6.08 Å².